The molecule has 2 N–H and O–H groups in total. The van der Waals surface area contributed by atoms with Gasteiger partial charge in [-0.05, 0) is 49.1 Å². The van der Waals surface area contributed by atoms with Crippen molar-refractivity contribution in [1.29, 1.82) is 0 Å². The number of nitrogens with two attached hydrogens (primary N) is 1. The van der Waals surface area contributed by atoms with Crippen LogP contribution in [0.25, 0.3) is 0 Å². The van der Waals surface area contributed by atoms with E-state index < -0.39 is 17.8 Å². The molecule has 0 aromatic heterocycles. The summed E-state index contributed by atoms with van der Waals surface area (Å²) in [5.74, 6) is 0. The zero-order valence-electron chi connectivity index (χ0n) is 14.9. The molecule has 0 spiro atoms. The number of halogens is 3. The molecular formula is C20H25F3N2. The van der Waals surface area contributed by atoms with E-state index in [-0.39, 0.29) is 5.56 Å². The van der Waals surface area contributed by atoms with Crippen molar-refractivity contribution < 1.29 is 13.2 Å². The van der Waals surface area contributed by atoms with Crippen LogP contribution in [0.4, 0.5) is 18.9 Å². The van der Waals surface area contributed by atoms with Crippen LogP contribution in [0.5, 0.6) is 0 Å². The zero-order valence-corrected chi connectivity index (χ0v) is 14.9. The van der Waals surface area contributed by atoms with Gasteiger partial charge in [-0.2, -0.15) is 13.2 Å². The van der Waals surface area contributed by atoms with Crippen molar-refractivity contribution in [1.82, 2.24) is 0 Å². The van der Waals surface area contributed by atoms with Crippen molar-refractivity contribution in [3.05, 3.63) is 64.7 Å². The Morgan fingerprint density at radius 1 is 1.04 bits per heavy atom. The summed E-state index contributed by atoms with van der Waals surface area (Å²) in [4.78, 5) is 2.08. The Balaban J connectivity index is 2.53. The number of nitrogens with zero attached hydrogens (tertiary/aromatic N) is 1. The summed E-state index contributed by atoms with van der Waals surface area (Å²) in [7, 11) is 0. The van der Waals surface area contributed by atoms with E-state index in [0.29, 0.717) is 25.1 Å². The van der Waals surface area contributed by atoms with Crippen LogP contribution >= 0.6 is 0 Å². The smallest absolute Gasteiger partial charge is 0.367 e. The molecule has 0 bridgehead atoms. The van der Waals surface area contributed by atoms with E-state index in [1.165, 1.54) is 13.0 Å². The van der Waals surface area contributed by atoms with Crippen LogP contribution in [0, 0.1) is 6.92 Å². The molecule has 0 saturated heterocycles. The number of hydrogen-bond donors (Lipinski definition) is 1. The summed E-state index contributed by atoms with van der Waals surface area (Å²) in [6.45, 7) is 6.72. The van der Waals surface area contributed by atoms with Crippen LogP contribution in [0.3, 0.4) is 0 Å². The predicted molar refractivity (Wildman–Crippen MR) is 96.6 cm³/mol. The predicted octanol–water partition coefficient (Wildman–Crippen LogP) is 5.45. The molecule has 1 atom stereocenters. The Hall–Kier alpha value is -2.01. The molecule has 0 amide bonds. The maximum Gasteiger partial charge on any atom is 0.416 e. The van der Waals surface area contributed by atoms with E-state index in [1.54, 1.807) is 6.07 Å². The van der Waals surface area contributed by atoms with Gasteiger partial charge in [0.15, 0.2) is 0 Å². The minimum absolute atomic E-state index is 0.228. The highest BCUT2D eigenvalue weighted by Gasteiger charge is 2.34. The van der Waals surface area contributed by atoms with E-state index in [1.807, 2.05) is 44.2 Å². The first-order valence-electron chi connectivity index (χ1n) is 8.54. The topological polar surface area (TPSA) is 29.3 Å². The fraction of sp³-hybridized carbons (Fsp3) is 0.400. The lowest BCUT2D eigenvalue weighted by Crippen LogP contribution is -2.26. The summed E-state index contributed by atoms with van der Waals surface area (Å²) < 4.78 is 39.9. The lowest BCUT2D eigenvalue weighted by molar-refractivity contribution is -0.138. The largest absolute Gasteiger partial charge is 0.416 e. The van der Waals surface area contributed by atoms with Gasteiger partial charge in [-0.1, -0.05) is 37.3 Å². The van der Waals surface area contributed by atoms with Crippen LogP contribution in [0.2, 0.25) is 0 Å². The monoisotopic (exact) mass is 350 g/mol. The lowest BCUT2D eigenvalue weighted by atomic mass is 9.92. The summed E-state index contributed by atoms with van der Waals surface area (Å²) >= 11 is 0. The van der Waals surface area contributed by atoms with Crippen molar-refractivity contribution in [2.75, 3.05) is 11.4 Å². The fourth-order valence-electron chi connectivity index (χ4n) is 3.14. The van der Waals surface area contributed by atoms with Gasteiger partial charge in [0.25, 0.3) is 0 Å². The van der Waals surface area contributed by atoms with Gasteiger partial charge in [0.05, 0.1) is 5.56 Å². The Morgan fingerprint density at radius 2 is 1.68 bits per heavy atom. The lowest BCUT2D eigenvalue weighted by Gasteiger charge is -2.30. The SMILES string of the molecule is CCC(N)c1c(N(CC)Cc2ccccc2)ccc(C(F)(F)F)c1C. The third kappa shape index (κ3) is 4.34. The Bertz CT molecular complexity index is 696. The normalized spacial score (nSPS) is 12.9. The molecule has 136 valence electrons. The first-order valence-corrected chi connectivity index (χ1v) is 8.54. The molecule has 2 rings (SSSR count). The van der Waals surface area contributed by atoms with Gasteiger partial charge in [0.1, 0.15) is 0 Å². The van der Waals surface area contributed by atoms with E-state index in [9.17, 15) is 13.2 Å². The zero-order chi connectivity index (χ0) is 18.6. The van der Waals surface area contributed by atoms with Crippen molar-refractivity contribution >= 4 is 5.69 Å². The number of alkyl halides is 3. The van der Waals surface area contributed by atoms with Gasteiger partial charge in [-0.25, -0.2) is 0 Å². The fourth-order valence-corrected chi connectivity index (χ4v) is 3.14. The average molecular weight is 350 g/mol. The molecule has 0 radical (unpaired) electrons. The molecule has 0 aliphatic rings. The Labute approximate surface area is 147 Å². The first-order chi connectivity index (χ1) is 11.8. The quantitative estimate of drug-likeness (QED) is 0.750. The van der Waals surface area contributed by atoms with E-state index in [2.05, 4.69) is 4.90 Å². The maximum atomic E-state index is 13.3. The van der Waals surface area contributed by atoms with Gasteiger partial charge in [-0.15, -0.1) is 0 Å². The summed E-state index contributed by atoms with van der Waals surface area (Å²) in [6, 6.07) is 12.2. The van der Waals surface area contributed by atoms with Crippen molar-refractivity contribution in [3.8, 4) is 0 Å². The van der Waals surface area contributed by atoms with Crippen molar-refractivity contribution in [2.24, 2.45) is 5.73 Å². The van der Waals surface area contributed by atoms with Gasteiger partial charge in [-0.3, -0.25) is 0 Å². The Morgan fingerprint density at radius 3 is 2.20 bits per heavy atom. The second-order valence-corrected chi connectivity index (χ2v) is 6.18. The molecular weight excluding hydrogens is 325 g/mol. The standard InChI is InChI=1S/C20H25F3N2/c1-4-17(24)19-14(3)16(20(21,22)23)11-12-18(19)25(5-2)13-15-9-7-6-8-10-15/h6-12,17H,4-5,13,24H2,1-3H3. The number of benzene rings is 2. The van der Waals surface area contributed by atoms with Gasteiger partial charge in [0.2, 0.25) is 0 Å². The van der Waals surface area contributed by atoms with Crippen LogP contribution in [0.1, 0.15) is 48.6 Å². The molecule has 0 saturated carbocycles. The van der Waals surface area contributed by atoms with Crippen LogP contribution < -0.4 is 10.6 Å². The molecule has 0 aliphatic carbocycles. The van der Waals surface area contributed by atoms with E-state index in [0.717, 1.165) is 11.3 Å². The second kappa shape index (κ2) is 7.91. The second-order valence-electron chi connectivity index (χ2n) is 6.18. The van der Waals surface area contributed by atoms with Crippen molar-refractivity contribution in [2.45, 2.75) is 46.0 Å². The molecule has 2 aromatic carbocycles. The van der Waals surface area contributed by atoms with Crippen LogP contribution in [-0.2, 0) is 12.7 Å². The maximum absolute atomic E-state index is 13.3. The molecule has 2 nitrogen and oxygen atoms in total. The summed E-state index contributed by atoms with van der Waals surface area (Å²) in [5, 5.41) is 0. The minimum Gasteiger partial charge on any atom is -0.367 e. The van der Waals surface area contributed by atoms with Gasteiger partial charge >= 0.3 is 6.18 Å². The van der Waals surface area contributed by atoms with E-state index in [4.69, 9.17) is 5.73 Å². The number of anilines is 1. The molecule has 5 heteroatoms. The molecule has 0 fully saturated rings. The Kier molecular flexibility index (Phi) is 6.11. The molecule has 2 aromatic rings. The number of hydrogen-bond acceptors (Lipinski definition) is 2. The highest BCUT2D eigenvalue weighted by atomic mass is 19.4. The molecule has 0 aliphatic heterocycles. The highest BCUT2D eigenvalue weighted by Crippen LogP contribution is 2.39. The molecule has 0 heterocycles. The van der Waals surface area contributed by atoms with Crippen molar-refractivity contribution in [3.63, 3.8) is 0 Å². The average Bonchev–Trinajstić information content (AvgIpc) is 2.58. The third-order valence-corrected chi connectivity index (χ3v) is 4.55. The minimum atomic E-state index is -4.37. The third-order valence-electron chi connectivity index (χ3n) is 4.55. The number of rotatable bonds is 6. The summed E-state index contributed by atoms with van der Waals surface area (Å²) in [5.41, 5.74) is 8.31. The van der Waals surface area contributed by atoms with E-state index >= 15 is 0 Å². The van der Waals surface area contributed by atoms with Gasteiger partial charge in [0, 0.05) is 24.8 Å². The summed E-state index contributed by atoms with van der Waals surface area (Å²) in [6.07, 6.45) is -3.79. The van der Waals surface area contributed by atoms with Gasteiger partial charge < -0.3 is 10.6 Å². The highest BCUT2D eigenvalue weighted by molar-refractivity contribution is 5.61. The van der Waals surface area contributed by atoms with Crippen LogP contribution in [0.15, 0.2) is 42.5 Å². The van der Waals surface area contributed by atoms with Crippen LogP contribution in [-0.4, -0.2) is 6.54 Å². The molecule has 25 heavy (non-hydrogen) atoms. The first kappa shape index (κ1) is 19.3. The molecule has 1 unspecified atom stereocenters.